The maximum atomic E-state index is 13.8. The number of benzene rings is 2. The van der Waals surface area contributed by atoms with Crippen LogP contribution < -0.4 is 0 Å². The molecule has 1 atom stereocenters. The van der Waals surface area contributed by atoms with E-state index >= 15 is 0 Å². The molecule has 0 amide bonds. The summed E-state index contributed by atoms with van der Waals surface area (Å²) in [5.41, 5.74) is 0.943. The normalized spacial score (nSPS) is 16.8. The van der Waals surface area contributed by atoms with Gasteiger partial charge in [0, 0.05) is 72.9 Å². The van der Waals surface area contributed by atoms with Crippen molar-refractivity contribution >= 4 is 35.6 Å². The number of β-amino-alcohol motifs (C(OH)–C–C–N with tert-alkyl or cyclic N) is 1. The van der Waals surface area contributed by atoms with Gasteiger partial charge >= 0.3 is 30.1 Å². The Kier molecular flexibility index (Phi) is 14.2. The molecule has 45 heavy (non-hydrogen) atoms. The summed E-state index contributed by atoms with van der Waals surface area (Å²) in [6.45, 7) is 3.63. The van der Waals surface area contributed by atoms with E-state index in [1.807, 2.05) is 0 Å². The zero-order valence-corrected chi connectivity index (χ0v) is 24.3. The molecule has 2 aromatic carbocycles. The van der Waals surface area contributed by atoms with Gasteiger partial charge in [0.05, 0.1) is 12.2 Å². The first kappa shape index (κ1) is 36.9. The van der Waals surface area contributed by atoms with Gasteiger partial charge in [0.15, 0.2) is 0 Å². The van der Waals surface area contributed by atoms with Gasteiger partial charge in [-0.25, -0.2) is 23.6 Å². The van der Waals surface area contributed by atoms with E-state index in [1.54, 1.807) is 6.07 Å². The standard InChI is InChI=1S/C21H22F4N2OS.2C4H4O4/c22-16-3-1-14-11-18(27-7-5-26(6-8-27)9-10-28)17-12-15(21(23,24)25)2-4-19(17)29-20(14)13-16;2*5-3(6)1-2-4(7)8/h1-4,12-13,18,28H,5-11H2;2*1-2H,(H,5,6)(H,7,8)/b;2*2-1+. The van der Waals surface area contributed by atoms with E-state index in [1.165, 1.54) is 36.0 Å². The number of fused-ring (bicyclic) bond motifs is 2. The summed E-state index contributed by atoms with van der Waals surface area (Å²) in [6, 6.07) is 8.28. The lowest BCUT2D eigenvalue weighted by Crippen LogP contribution is -2.48. The fourth-order valence-electron chi connectivity index (χ4n) is 4.36. The molecule has 2 heterocycles. The smallest absolute Gasteiger partial charge is 0.416 e. The number of hydrogen-bond acceptors (Lipinski definition) is 8. The monoisotopic (exact) mass is 658 g/mol. The molecule has 4 rings (SSSR count). The molecule has 0 radical (unpaired) electrons. The summed E-state index contributed by atoms with van der Waals surface area (Å²) in [6.07, 6.45) is -1.64. The average Bonchev–Trinajstić information content (AvgIpc) is 3.12. The molecule has 16 heteroatoms. The lowest BCUT2D eigenvalue weighted by atomic mass is 9.95. The third-order valence-electron chi connectivity index (χ3n) is 6.36. The van der Waals surface area contributed by atoms with Crippen molar-refractivity contribution in [1.82, 2.24) is 9.80 Å². The van der Waals surface area contributed by atoms with E-state index < -0.39 is 35.6 Å². The van der Waals surface area contributed by atoms with Crippen molar-refractivity contribution < 1.29 is 62.3 Å². The second kappa shape index (κ2) is 17.3. The summed E-state index contributed by atoms with van der Waals surface area (Å²) in [7, 11) is 0. The van der Waals surface area contributed by atoms with E-state index in [0.29, 0.717) is 55.9 Å². The SMILES string of the molecule is O=C(O)/C=C/C(=O)O.O=C(O)/C=C/C(=O)O.OCCN1CCN(C2Cc3ccc(F)cc3Sc3ccc(C(F)(F)F)cc32)CC1. The highest BCUT2D eigenvalue weighted by Gasteiger charge is 2.35. The average molecular weight is 659 g/mol. The molecule has 2 aromatic rings. The van der Waals surface area contributed by atoms with E-state index in [2.05, 4.69) is 9.80 Å². The maximum Gasteiger partial charge on any atom is 0.416 e. The molecule has 0 saturated carbocycles. The van der Waals surface area contributed by atoms with Crippen LogP contribution in [0.25, 0.3) is 0 Å². The number of piperazine rings is 1. The summed E-state index contributed by atoms with van der Waals surface area (Å²) in [5.74, 6) is -5.37. The van der Waals surface area contributed by atoms with Crippen molar-refractivity contribution in [2.75, 3.05) is 39.3 Å². The maximum absolute atomic E-state index is 13.8. The first-order valence-electron chi connectivity index (χ1n) is 13.1. The van der Waals surface area contributed by atoms with Gasteiger partial charge in [-0.3, -0.25) is 9.80 Å². The third-order valence-corrected chi connectivity index (χ3v) is 7.55. The molecule has 1 fully saturated rings. The van der Waals surface area contributed by atoms with Crippen molar-refractivity contribution in [3.05, 3.63) is 83.2 Å². The Balaban J connectivity index is 0.000000365. The predicted octanol–water partition coefficient (Wildman–Crippen LogP) is 3.63. The fraction of sp³-hybridized carbons (Fsp3) is 0.310. The topological polar surface area (TPSA) is 176 Å². The summed E-state index contributed by atoms with van der Waals surface area (Å²) < 4.78 is 53.9. The van der Waals surface area contributed by atoms with Crippen LogP contribution >= 0.6 is 11.8 Å². The quantitative estimate of drug-likeness (QED) is 0.216. The second-order valence-corrected chi connectivity index (χ2v) is 10.5. The van der Waals surface area contributed by atoms with E-state index in [9.17, 15) is 36.7 Å². The Morgan fingerprint density at radius 3 is 1.80 bits per heavy atom. The van der Waals surface area contributed by atoms with Gasteiger partial charge in [0.2, 0.25) is 0 Å². The Morgan fingerprint density at radius 1 is 0.800 bits per heavy atom. The number of nitrogens with zero attached hydrogens (tertiary/aromatic N) is 2. The van der Waals surface area contributed by atoms with E-state index in [-0.39, 0.29) is 18.5 Å². The lowest BCUT2D eigenvalue weighted by molar-refractivity contribution is -0.138. The summed E-state index contributed by atoms with van der Waals surface area (Å²) >= 11 is 1.34. The molecule has 244 valence electrons. The lowest BCUT2D eigenvalue weighted by Gasteiger charge is -2.39. The molecule has 1 unspecified atom stereocenters. The summed E-state index contributed by atoms with van der Waals surface area (Å²) in [5, 5.41) is 40.4. The van der Waals surface area contributed by atoms with Gasteiger partial charge in [-0.2, -0.15) is 13.2 Å². The molecule has 0 aliphatic carbocycles. The van der Waals surface area contributed by atoms with E-state index in [0.717, 1.165) is 34.5 Å². The van der Waals surface area contributed by atoms with Crippen LogP contribution in [-0.4, -0.2) is 98.5 Å². The number of rotatable bonds is 7. The zero-order chi connectivity index (χ0) is 33.7. The van der Waals surface area contributed by atoms with Crippen molar-refractivity contribution in [3.8, 4) is 0 Å². The van der Waals surface area contributed by atoms with Crippen LogP contribution in [0.1, 0.15) is 22.7 Å². The number of halogens is 4. The molecule has 2 aliphatic heterocycles. The molecule has 0 aromatic heterocycles. The third kappa shape index (κ3) is 12.7. The Labute approximate surface area is 258 Å². The molecular formula is C29H30F4N2O9S. The number of aliphatic hydroxyl groups excluding tert-OH is 1. The minimum atomic E-state index is -4.41. The molecule has 5 N–H and O–H groups in total. The fourth-order valence-corrected chi connectivity index (χ4v) is 5.50. The highest BCUT2D eigenvalue weighted by atomic mass is 32.2. The molecule has 0 spiro atoms. The van der Waals surface area contributed by atoms with Gasteiger partial charge in [-0.15, -0.1) is 0 Å². The molecule has 1 saturated heterocycles. The number of aliphatic hydroxyl groups is 1. The minimum Gasteiger partial charge on any atom is -0.478 e. The van der Waals surface area contributed by atoms with Crippen LogP contribution in [0.3, 0.4) is 0 Å². The van der Waals surface area contributed by atoms with Gasteiger partial charge in [-0.05, 0) is 47.9 Å². The van der Waals surface area contributed by atoms with Crippen molar-refractivity contribution in [2.45, 2.75) is 28.4 Å². The highest BCUT2D eigenvalue weighted by molar-refractivity contribution is 7.99. The highest BCUT2D eigenvalue weighted by Crippen LogP contribution is 2.45. The van der Waals surface area contributed by atoms with Crippen LogP contribution in [0.4, 0.5) is 17.6 Å². The number of alkyl halides is 3. The first-order valence-corrected chi connectivity index (χ1v) is 13.9. The van der Waals surface area contributed by atoms with Crippen molar-refractivity contribution in [2.24, 2.45) is 0 Å². The molecule has 11 nitrogen and oxygen atoms in total. The predicted molar refractivity (Wildman–Crippen MR) is 152 cm³/mol. The van der Waals surface area contributed by atoms with Crippen LogP contribution in [0, 0.1) is 5.82 Å². The van der Waals surface area contributed by atoms with Crippen LogP contribution in [-0.2, 0) is 31.8 Å². The minimum absolute atomic E-state index is 0.0940. The van der Waals surface area contributed by atoms with Crippen LogP contribution in [0.5, 0.6) is 0 Å². The number of hydrogen-bond donors (Lipinski definition) is 5. The van der Waals surface area contributed by atoms with Crippen LogP contribution in [0.15, 0.2) is 70.5 Å². The number of carboxylic acids is 4. The number of aliphatic carboxylic acids is 4. The number of carbonyl (C=O) groups is 4. The molecule has 0 bridgehead atoms. The van der Waals surface area contributed by atoms with Crippen molar-refractivity contribution in [3.63, 3.8) is 0 Å². The van der Waals surface area contributed by atoms with Crippen LogP contribution in [0.2, 0.25) is 0 Å². The van der Waals surface area contributed by atoms with E-state index in [4.69, 9.17) is 25.5 Å². The summed E-state index contributed by atoms with van der Waals surface area (Å²) in [4.78, 5) is 44.1. The molecule has 2 aliphatic rings. The van der Waals surface area contributed by atoms with Gasteiger partial charge in [0.1, 0.15) is 5.82 Å². The number of carboxylic acid groups (broad SMARTS) is 4. The zero-order valence-electron chi connectivity index (χ0n) is 23.5. The first-order chi connectivity index (χ1) is 21.1. The Morgan fingerprint density at radius 2 is 1.33 bits per heavy atom. The molecular weight excluding hydrogens is 628 g/mol. The Bertz CT molecular complexity index is 1360. The van der Waals surface area contributed by atoms with Gasteiger partial charge < -0.3 is 25.5 Å². The largest absolute Gasteiger partial charge is 0.478 e. The van der Waals surface area contributed by atoms with Gasteiger partial charge in [-0.1, -0.05) is 17.8 Å². The van der Waals surface area contributed by atoms with Crippen molar-refractivity contribution in [1.29, 1.82) is 0 Å². The second-order valence-electron chi connectivity index (χ2n) is 9.45. The Hall–Kier alpha value is -4.25. The van der Waals surface area contributed by atoms with Gasteiger partial charge in [0.25, 0.3) is 0 Å².